The quantitative estimate of drug-likeness (QED) is 0.579. The van der Waals surface area contributed by atoms with Gasteiger partial charge in [0.25, 0.3) is 0 Å². The second-order valence-electron chi connectivity index (χ2n) is 4.83. The maximum absolute atomic E-state index is 12.7. The van der Waals surface area contributed by atoms with Crippen LogP contribution in [0.15, 0.2) is 24.3 Å². The van der Waals surface area contributed by atoms with Gasteiger partial charge in [-0.2, -0.15) is 0 Å². The molecule has 1 fully saturated rings. The summed E-state index contributed by atoms with van der Waals surface area (Å²) in [7, 11) is 0. The zero-order valence-corrected chi connectivity index (χ0v) is 9.99. The van der Waals surface area contributed by atoms with E-state index in [1.165, 1.54) is 24.3 Å². The number of hydrogen-bond acceptors (Lipinski definition) is 2. The zero-order chi connectivity index (χ0) is 12.3. The highest BCUT2D eigenvalue weighted by Crippen LogP contribution is 2.29. The first-order chi connectivity index (χ1) is 8.15. The van der Waals surface area contributed by atoms with Gasteiger partial charge in [-0.25, -0.2) is 4.39 Å². The van der Waals surface area contributed by atoms with E-state index in [1.807, 2.05) is 0 Å². The van der Waals surface area contributed by atoms with E-state index in [9.17, 15) is 9.18 Å². The minimum Gasteiger partial charge on any atom is -0.426 e. The van der Waals surface area contributed by atoms with Crippen LogP contribution in [0.5, 0.6) is 5.75 Å². The third-order valence-electron chi connectivity index (χ3n) is 3.38. The topological polar surface area (TPSA) is 26.3 Å². The number of benzene rings is 1. The van der Waals surface area contributed by atoms with Gasteiger partial charge in [0.1, 0.15) is 11.6 Å². The molecule has 1 aliphatic rings. The second-order valence-corrected chi connectivity index (χ2v) is 4.83. The third kappa shape index (κ3) is 3.29. The van der Waals surface area contributed by atoms with Gasteiger partial charge in [0.15, 0.2) is 0 Å². The summed E-state index contributed by atoms with van der Waals surface area (Å²) in [6, 6.07) is 5.56. The Kier molecular flexibility index (Phi) is 3.77. The van der Waals surface area contributed by atoms with Crippen molar-refractivity contribution >= 4 is 5.97 Å². The summed E-state index contributed by atoms with van der Waals surface area (Å²) in [5.41, 5.74) is 0. The van der Waals surface area contributed by atoms with Crippen LogP contribution in [0.1, 0.15) is 32.6 Å². The maximum atomic E-state index is 12.7. The molecule has 0 amide bonds. The van der Waals surface area contributed by atoms with Crippen molar-refractivity contribution < 1.29 is 13.9 Å². The molecule has 0 spiro atoms. The molecule has 0 heterocycles. The minimum atomic E-state index is -0.323. The first-order valence-electron chi connectivity index (χ1n) is 6.12. The van der Waals surface area contributed by atoms with Crippen molar-refractivity contribution in [2.24, 2.45) is 11.8 Å². The average molecular weight is 236 g/mol. The molecule has 1 aromatic rings. The van der Waals surface area contributed by atoms with Crippen LogP contribution in [0.4, 0.5) is 4.39 Å². The van der Waals surface area contributed by atoms with E-state index in [2.05, 4.69) is 6.92 Å². The van der Waals surface area contributed by atoms with Crippen molar-refractivity contribution in [3.63, 3.8) is 0 Å². The normalized spacial score (nSPS) is 24.4. The standard InChI is InChI=1S/C14H17FO2/c1-10-2-4-11(5-3-10)14(16)17-13-8-6-12(15)7-9-13/h6-11H,2-5H2,1H3. The van der Waals surface area contributed by atoms with Crippen LogP contribution in [0.3, 0.4) is 0 Å². The molecule has 0 bridgehead atoms. The second kappa shape index (κ2) is 5.30. The Morgan fingerprint density at radius 3 is 2.35 bits per heavy atom. The smallest absolute Gasteiger partial charge is 0.314 e. The molecule has 2 nitrogen and oxygen atoms in total. The Bertz CT molecular complexity index is 378. The lowest BCUT2D eigenvalue weighted by molar-refractivity contribution is -0.140. The summed E-state index contributed by atoms with van der Waals surface area (Å²) < 4.78 is 17.9. The van der Waals surface area contributed by atoms with Crippen molar-refractivity contribution in [3.8, 4) is 5.75 Å². The molecule has 1 aliphatic carbocycles. The van der Waals surface area contributed by atoms with Crippen LogP contribution in [-0.4, -0.2) is 5.97 Å². The number of hydrogen-bond donors (Lipinski definition) is 0. The number of carbonyl (C=O) groups is 1. The molecule has 0 atom stereocenters. The van der Waals surface area contributed by atoms with Gasteiger partial charge in [-0.15, -0.1) is 0 Å². The number of ether oxygens (including phenoxy) is 1. The molecule has 2 rings (SSSR count). The van der Waals surface area contributed by atoms with Gasteiger partial charge in [-0.1, -0.05) is 6.92 Å². The van der Waals surface area contributed by atoms with E-state index in [1.54, 1.807) is 0 Å². The van der Waals surface area contributed by atoms with Gasteiger partial charge in [0.05, 0.1) is 5.92 Å². The predicted octanol–water partition coefficient (Wildman–Crippen LogP) is 3.56. The van der Waals surface area contributed by atoms with E-state index in [0.29, 0.717) is 11.7 Å². The fourth-order valence-corrected chi connectivity index (χ4v) is 2.20. The molecule has 0 radical (unpaired) electrons. The summed E-state index contributed by atoms with van der Waals surface area (Å²) in [5, 5.41) is 0. The van der Waals surface area contributed by atoms with E-state index in [0.717, 1.165) is 25.7 Å². The Balaban J connectivity index is 1.90. The van der Waals surface area contributed by atoms with Gasteiger partial charge in [-0.3, -0.25) is 4.79 Å². The summed E-state index contributed by atoms with van der Waals surface area (Å²) in [4.78, 5) is 11.8. The number of carbonyl (C=O) groups excluding carboxylic acids is 1. The third-order valence-corrected chi connectivity index (χ3v) is 3.38. The Morgan fingerprint density at radius 2 is 1.76 bits per heavy atom. The van der Waals surface area contributed by atoms with Crippen molar-refractivity contribution in [2.45, 2.75) is 32.6 Å². The Morgan fingerprint density at radius 1 is 1.18 bits per heavy atom. The minimum absolute atomic E-state index is 0.0104. The molecule has 0 aliphatic heterocycles. The number of halogens is 1. The molecular formula is C14H17FO2. The fraction of sp³-hybridized carbons (Fsp3) is 0.500. The zero-order valence-electron chi connectivity index (χ0n) is 9.99. The fourth-order valence-electron chi connectivity index (χ4n) is 2.20. The van der Waals surface area contributed by atoms with Crippen LogP contribution in [0.25, 0.3) is 0 Å². The van der Waals surface area contributed by atoms with Gasteiger partial charge >= 0.3 is 5.97 Å². The van der Waals surface area contributed by atoms with Crippen LogP contribution >= 0.6 is 0 Å². The van der Waals surface area contributed by atoms with E-state index >= 15 is 0 Å². The Labute approximate surface area is 101 Å². The largest absolute Gasteiger partial charge is 0.426 e. The lowest BCUT2D eigenvalue weighted by atomic mass is 9.83. The molecule has 1 saturated carbocycles. The monoisotopic (exact) mass is 236 g/mol. The van der Waals surface area contributed by atoms with E-state index in [-0.39, 0.29) is 17.7 Å². The molecule has 92 valence electrons. The van der Waals surface area contributed by atoms with Crippen LogP contribution < -0.4 is 4.74 Å². The van der Waals surface area contributed by atoms with Gasteiger partial charge in [0, 0.05) is 0 Å². The SMILES string of the molecule is CC1CCC(C(=O)Oc2ccc(F)cc2)CC1. The molecular weight excluding hydrogens is 219 g/mol. The molecule has 0 N–H and O–H groups in total. The van der Waals surface area contributed by atoms with E-state index in [4.69, 9.17) is 4.74 Å². The molecule has 17 heavy (non-hydrogen) atoms. The summed E-state index contributed by atoms with van der Waals surface area (Å²) >= 11 is 0. The lowest BCUT2D eigenvalue weighted by Gasteiger charge is -2.24. The predicted molar refractivity (Wildman–Crippen MR) is 63.2 cm³/mol. The highest BCUT2D eigenvalue weighted by molar-refractivity contribution is 5.75. The molecule has 0 saturated heterocycles. The summed E-state index contributed by atoms with van der Waals surface area (Å²) in [5.74, 6) is 0.649. The summed E-state index contributed by atoms with van der Waals surface area (Å²) in [6.07, 6.45) is 3.98. The highest BCUT2D eigenvalue weighted by atomic mass is 19.1. The molecule has 0 unspecified atom stereocenters. The van der Waals surface area contributed by atoms with Gasteiger partial charge in [-0.05, 0) is 55.9 Å². The highest BCUT2D eigenvalue weighted by Gasteiger charge is 2.25. The summed E-state index contributed by atoms with van der Waals surface area (Å²) in [6.45, 7) is 2.21. The molecule has 1 aromatic carbocycles. The molecule has 0 aromatic heterocycles. The number of esters is 1. The van der Waals surface area contributed by atoms with Crippen molar-refractivity contribution in [1.82, 2.24) is 0 Å². The van der Waals surface area contributed by atoms with Gasteiger partial charge < -0.3 is 4.74 Å². The first-order valence-corrected chi connectivity index (χ1v) is 6.12. The maximum Gasteiger partial charge on any atom is 0.314 e. The Hall–Kier alpha value is -1.38. The van der Waals surface area contributed by atoms with Gasteiger partial charge in [0.2, 0.25) is 0 Å². The average Bonchev–Trinajstić information content (AvgIpc) is 2.33. The molecule has 3 heteroatoms. The van der Waals surface area contributed by atoms with E-state index < -0.39 is 0 Å². The van der Waals surface area contributed by atoms with Crippen LogP contribution in [0.2, 0.25) is 0 Å². The van der Waals surface area contributed by atoms with Crippen LogP contribution in [-0.2, 0) is 4.79 Å². The van der Waals surface area contributed by atoms with Crippen molar-refractivity contribution in [2.75, 3.05) is 0 Å². The lowest BCUT2D eigenvalue weighted by Crippen LogP contribution is -2.24. The first kappa shape index (κ1) is 12.1. The van der Waals surface area contributed by atoms with Crippen molar-refractivity contribution in [3.05, 3.63) is 30.1 Å². The van der Waals surface area contributed by atoms with Crippen LogP contribution in [0, 0.1) is 17.7 Å². The number of rotatable bonds is 2. The van der Waals surface area contributed by atoms with Crippen molar-refractivity contribution in [1.29, 1.82) is 0 Å².